The fourth-order valence-electron chi connectivity index (χ4n) is 2.81. The van der Waals surface area contributed by atoms with Crippen molar-refractivity contribution in [2.45, 2.75) is 44.9 Å². The Balaban J connectivity index is 2.09. The largest absolute Gasteiger partial charge is 0.467 e. The Morgan fingerprint density at radius 2 is 1.85 bits per heavy atom. The van der Waals surface area contributed by atoms with Gasteiger partial charge >= 0.3 is 12.1 Å². The molecule has 2 amide bonds. The molecule has 0 unspecified atom stereocenters. The van der Waals surface area contributed by atoms with Gasteiger partial charge in [-0.15, -0.1) is 0 Å². The van der Waals surface area contributed by atoms with E-state index < -0.39 is 29.7 Å². The normalized spacial score (nSPS) is 19.3. The molecule has 146 valence electrons. The molecule has 27 heavy (non-hydrogen) atoms. The van der Waals surface area contributed by atoms with Gasteiger partial charge in [-0.3, -0.25) is 14.7 Å². The smallest absolute Gasteiger partial charge is 0.411 e. The highest BCUT2D eigenvalue weighted by Gasteiger charge is 2.42. The summed E-state index contributed by atoms with van der Waals surface area (Å²) in [5.74, 6) is -0.843. The number of amides is 2. The van der Waals surface area contributed by atoms with Crippen LogP contribution in [-0.4, -0.2) is 60.9 Å². The highest BCUT2D eigenvalue weighted by Crippen LogP contribution is 2.23. The van der Waals surface area contributed by atoms with Gasteiger partial charge < -0.3 is 14.8 Å². The number of methoxy groups -OCH3 is 1. The molecule has 0 radical (unpaired) electrons. The zero-order valence-corrected chi connectivity index (χ0v) is 16.0. The molecule has 0 saturated carbocycles. The van der Waals surface area contributed by atoms with Gasteiger partial charge in [0.15, 0.2) is 0 Å². The first-order valence-corrected chi connectivity index (χ1v) is 8.59. The minimum atomic E-state index is -0.803. The lowest BCUT2D eigenvalue weighted by molar-refractivity contribution is -0.145. The summed E-state index contributed by atoms with van der Waals surface area (Å²) < 4.78 is 10.2. The van der Waals surface area contributed by atoms with Crippen molar-refractivity contribution in [3.05, 3.63) is 29.8 Å². The second kappa shape index (κ2) is 8.20. The van der Waals surface area contributed by atoms with Crippen molar-refractivity contribution in [3.8, 4) is 0 Å². The molecule has 1 N–H and O–H groups in total. The summed E-state index contributed by atoms with van der Waals surface area (Å²) in [5, 5.41) is 2.85. The minimum absolute atomic E-state index is 0.159. The average Bonchev–Trinajstić information content (AvgIpc) is 3.03. The fourth-order valence-corrected chi connectivity index (χ4v) is 2.81. The number of rotatable bonds is 4. The number of esters is 1. The molecular weight excluding hydrogens is 350 g/mol. The first-order valence-electron chi connectivity index (χ1n) is 8.59. The molecular formula is C19H25N3O5. The van der Waals surface area contributed by atoms with Crippen LogP contribution in [0, 0.1) is 0 Å². The summed E-state index contributed by atoms with van der Waals surface area (Å²) in [6.45, 7) is 8.82. The molecule has 1 aliphatic heterocycles. The van der Waals surface area contributed by atoms with Crippen LogP contribution in [-0.2, 0) is 14.3 Å². The van der Waals surface area contributed by atoms with Gasteiger partial charge in [0.25, 0.3) is 5.91 Å². The molecule has 1 aromatic rings. The van der Waals surface area contributed by atoms with Crippen molar-refractivity contribution >= 4 is 30.4 Å². The maximum absolute atomic E-state index is 12.4. The third kappa shape index (κ3) is 5.29. The van der Waals surface area contributed by atoms with E-state index in [0.717, 1.165) is 0 Å². The van der Waals surface area contributed by atoms with E-state index in [4.69, 9.17) is 9.47 Å². The van der Waals surface area contributed by atoms with Gasteiger partial charge in [-0.05, 0) is 51.8 Å². The maximum atomic E-state index is 12.4. The monoisotopic (exact) mass is 375 g/mol. The highest BCUT2D eigenvalue weighted by molar-refractivity contribution is 5.95. The predicted octanol–water partition coefficient (Wildman–Crippen LogP) is 2.30. The van der Waals surface area contributed by atoms with Crippen LogP contribution in [0.2, 0.25) is 0 Å². The van der Waals surface area contributed by atoms with Crippen LogP contribution in [0.25, 0.3) is 0 Å². The quantitative estimate of drug-likeness (QED) is 0.643. The summed E-state index contributed by atoms with van der Waals surface area (Å²) >= 11 is 0. The van der Waals surface area contributed by atoms with Crippen LogP contribution >= 0.6 is 0 Å². The SMILES string of the molecule is C=Nc1ccc(C(=O)N[C@@H]2C[C@@H](C(=O)OC)N(C(=O)OC(C)(C)C)C2)cc1. The number of nitrogens with zero attached hydrogens (tertiary/aromatic N) is 2. The third-order valence-electron chi connectivity index (χ3n) is 4.05. The van der Waals surface area contributed by atoms with Gasteiger partial charge in [-0.1, -0.05) is 0 Å². The Hall–Kier alpha value is -2.90. The van der Waals surface area contributed by atoms with Gasteiger partial charge in [0.05, 0.1) is 12.8 Å². The number of aliphatic imine (C=N–C) groups is 1. The molecule has 8 heteroatoms. The third-order valence-corrected chi connectivity index (χ3v) is 4.05. The van der Waals surface area contributed by atoms with Gasteiger partial charge in [0.1, 0.15) is 11.6 Å². The topological polar surface area (TPSA) is 97.3 Å². The van der Waals surface area contributed by atoms with Gasteiger partial charge in [0, 0.05) is 24.6 Å². The van der Waals surface area contributed by atoms with Crippen molar-refractivity contribution in [3.63, 3.8) is 0 Å². The van der Waals surface area contributed by atoms with Crippen molar-refractivity contribution < 1.29 is 23.9 Å². The van der Waals surface area contributed by atoms with Crippen molar-refractivity contribution in [1.29, 1.82) is 0 Å². The number of ether oxygens (including phenoxy) is 2. The summed E-state index contributed by atoms with van der Waals surface area (Å²) in [6.07, 6.45) is -0.361. The number of nitrogens with one attached hydrogen (secondary N) is 1. The van der Waals surface area contributed by atoms with E-state index in [9.17, 15) is 14.4 Å². The average molecular weight is 375 g/mol. The van der Waals surface area contributed by atoms with Gasteiger partial charge in [-0.2, -0.15) is 0 Å². The molecule has 0 aliphatic carbocycles. The Morgan fingerprint density at radius 3 is 2.37 bits per heavy atom. The van der Waals surface area contributed by atoms with E-state index in [2.05, 4.69) is 17.0 Å². The van der Waals surface area contributed by atoms with E-state index >= 15 is 0 Å². The molecule has 0 aromatic heterocycles. The molecule has 1 saturated heterocycles. The van der Waals surface area contributed by atoms with Gasteiger partial charge in [-0.25, -0.2) is 9.59 Å². The Kier molecular flexibility index (Phi) is 6.20. The number of benzene rings is 1. The van der Waals surface area contributed by atoms with Crippen LogP contribution in [0.15, 0.2) is 29.3 Å². The summed E-state index contributed by atoms with van der Waals surface area (Å²) in [5.41, 5.74) is 0.419. The fraction of sp³-hybridized carbons (Fsp3) is 0.474. The van der Waals surface area contributed by atoms with Crippen LogP contribution in [0.1, 0.15) is 37.6 Å². The van der Waals surface area contributed by atoms with Crippen LogP contribution in [0.4, 0.5) is 10.5 Å². The van der Waals surface area contributed by atoms with Crippen molar-refractivity contribution in [1.82, 2.24) is 10.2 Å². The second-order valence-electron chi connectivity index (χ2n) is 7.28. The van der Waals surface area contributed by atoms with Crippen molar-refractivity contribution in [2.24, 2.45) is 4.99 Å². The number of hydrogen-bond donors (Lipinski definition) is 1. The molecule has 1 fully saturated rings. The summed E-state index contributed by atoms with van der Waals surface area (Å²) in [6, 6.07) is 5.44. The highest BCUT2D eigenvalue weighted by atomic mass is 16.6. The molecule has 1 aliphatic rings. The Bertz CT molecular complexity index is 724. The number of hydrogen-bond acceptors (Lipinski definition) is 6. The predicted molar refractivity (Wildman–Crippen MR) is 100 cm³/mol. The summed E-state index contributed by atoms with van der Waals surface area (Å²) in [7, 11) is 1.26. The molecule has 1 heterocycles. The van der Waals surface area contributed by atoms with Gasteiger partial charge in [0.2, 0.25) is 0 Å². The first-order chi connectivity index (χ1) is 12.6. The standard InChI is InChI=1S/C19H25N3O5/c1-19(2,3)27-18(25)22-11-14(10-15(22)17(24)26-5)21-16(23)12-6-8-13(20-4)9-7-12/h6-9,14-15H,4,10-11H2,1-3,5H3,(H,21,23)/t14-,15+/m1/s1. The molecule has 8 nitrogen and oxygen atoms in total. The zero-order chi connectivity index (χ0) is 20.2. The lowest BCUT2D eigenvalue weighted by Gasteiger charge is -2.27. The maximum Gasteiger partial charge on any atom is 0.411 e. The zero-order valence-electron chi connectivity index (χ0n) is 16.0. The molecule has 0 bridgehead atoms. The van der Waals surface area contributed by atoms with Crippen molar-refractivity contribution in [2.75, 3.05) is 13.7 Å². The first kappa shape index (κ1) is 20.4. The Morgan fingerprint density at radius 1 is 1.22 bits per heavy atom. The lowest BCUT2D eigenvalue weighted by atomic mass is 10.1. The number of carbonyl (C=O) groups is 3. The van der Waals surface area contributed by atoms with Crippen LogP contribution in [0.5, 0.6) is 0 Å². The van der Waals surface area contributed by atoms with E-state index in [-0.39, 0.29) is 18.9 Å². The van der Waals surface area contributed by atoms with Crippen LogP contribution in [0.3, 0.4) is 0 Å². The molecule has 0 spiro atoms. The summed E-state index contributed by atoms with van der Waals surface area (Å²) in [4.78, 5) is 42.0. The molecule has 2 atom stereocenters. The van der Waals surface area contributed by atoms with E-state index in [1.165, 1.54) is 12.0 Å². The lowest BCUT2D eigenvalue weighted by Crippen LogP contribution is -2.44. The van der Waals surface area contributed by atoms with Crippen LogP contribution < -0.4 is 5.32 Å². The number of carbonyl (C=O) groups excluding carboxylic acids is 3. The number of likely N-dealkylation sites (tertiary alicyclic amines) is 1. The van der Waals surface area contributed by atoms with E-state index in [0.29, 0.717) is 11.3 Å². The molecule has 2 rings (SSSR count). The molecule has 1 aromatic carbocycles. The van der Waals surface area contributed by atoms with E-state index in [1.807, 2.05) is 0 Å². The minimum Gasteiger partial charge on any atom is -0.467 e. The Labute approximate surface area is 158 Å². The van der Waals surface area contributed by atoms with E-state index in [1.54, 1.807) is 45.0 Å². The second-order valence-corrected chi connectivity index (χ2v) is 7.28.